The number of fused-ring (bicyclic) bond motifs is 5. The lowest BCUT2D eigenvalue weighted by atomic mass is 9.68. The van der Waals surface area contributed by atoms with Crippen molar-refractivity contribution in [1.82, 2.24) is 14.5 Å². The number of piperidine rings is 2. The zero-order valence-corrected chi connectivity index (χ0v) is 20.3. The van der Waals surface area contributed by atoms with E-state index in [9.17, 15) is 9.59 Å². The van der Waals surface area contributed by atoms with Crippen molar-refractivity contribution >= 4 is 16.9 Å². The van der Waals surface area contributed by atoms with Gasteiger partial charge in [-0.15, -0.1) is 0 Å². The molecule has 4 aliphatic rings. The quantitative estimate of drug-likeness (QED) is 0.590. The van der Waals surface area contributed by atoms with E-state index in [2.05, 4.69) is 9.88 Å². The molecule has 2 saturated carbocycles. The van der Waals surface area contributed by atoms with Crippen molar-refractivity contribution in [1.29, 1.82) is 0 Å². The van der Waals surface area contributed by atoms with Crippen LogP contribution in [0.2, 0.25) is 0 Å². The molecule has 2 saturated heterocycles. The van der Waals surface area contributed by atoms with Gasteiger partial charge in [0.15, 0.2) is 0 Å². The summed E-state index contributed by atoms with van der Waals surface area (Å²) >= 11 is 0. The highest BCUT2D eigenvalue weighted by atomic mass is 16.5. The fourth-order valence-electron chi connectivity index (χ4n) is 7.96. The van der Waals surface area contributed by atoms with E-state index in [0.717, 1.165) is 24.7 Å². The number of hydrogen-bond donors (Lipinski definition) is 0. The molecule has 6 heteroatoms. The highest BCUT2D eigenvalue weighted by Gasteiger charge is 2.45. The van der Waals surface area contributed by atoms with Crippen molar-refractivity contribution in [2.75, 3.05) is 6.61 Å². The third-order valence-corrected chi connectivity index (χ3v) is 9.16. The summed E-state index contributed by atoms with van der Waals surface area (Å²) in [6.45, 7) is 2.07. The van der Waals surface area contributed by atoms with Gasteiger partial charge in [0.1, 0.15) is 0 Å². The maximum Gasteiger partial charge on any atom is 0.374 e. The Morgan fingerprint density at radius 3 is 2.29 bits per heavy atom. The lowest BCUT2D eigenvalue weighted by Crippen LogP contribution is -2.58. The van der Waals surface area contributed by atoms with Crippen LogP contribution in [0.3, 0.4) is 0 Å². The first-order valence-electron chi connectivity index (χ1n) is 13.6. The molecule has 0 radical (unpaired) electrons. The summed E-state index contributed by atoms with van der Waals surface area (Å²) in [6.07, 6.45) is 13.9. The van der Waals surface area contributed by atoms with Crippen LogP contribution in [-0.4, -0.2) is 45.2 Å². The fraction of sp³-hybridized carbons (Fsp3) is 0.679. The number of nitrogens with zero attached hydrogens (tertiary/aromatic N) is 3. The summed E-state index contributed by atoms with van der Waals surface area (Å²) in [6, 6.07) is 9.06. The second-order valence-electron chi connectivity index (χ2n) is 11.2. The molecule has 2 aromatic rings. The van der Waals surface area contributed by atoms with Gasteiger partial charge in [0.2, 0.25) is 5.82 Å². The van der Waals surface area contributed by atoms with Gasteiger partial charge in [0, 0.05) is 24.2 Å². The summed E-state index contributed by atoms with van der Waals surface area (Å²) in [5.74, 6) is 1.52. The molecule has 4 bridgehead atoms. The SMILES string of the molecule is CCOC(=O)c1nc2ccccc2c(=O)n1C1CC2CCCC(C1)N2C1CC2CCCC(C2)C1. The Balaban J connectivity index is 1.34. The third-order valence-electron chi connectivity index (χ3n) is 9.16. The van der Waals surface area contributed by atoms with Crippen molar-refractivity contribution < 1.29 is 9.53 Å². The van der Waals surface area contributed by atoms with Gasteiger partial charge < -0.3 is 4.74 Å². The number of carbonyl (C=O) groups excluding carboxylic acids is 1. The Kier molecular flexibility index (Phi) is 5.96. The molecule has 4 fully saturated rings. The number of para-hydroxylation sites is 1. The molecule has 182 valence electrons. The van der Waals surface area contributed by atoms with E-state index in [1.807, 2.05) is 18.2 Å². The number of esters is 1. The second kappa shape index (κ2) is 9.10. The molecule has 1 aromatic heterocycles. The highest BCUT2D eigenvalue weighted by Crippen LogP contribution is 2.47. The molecule has 0 N–H and O–H groups in total. The Bertz CT molecular complexity index is 1100. The number of hydrogen-bond acceptors (Lipinski definition) is 5. The Labute approximate surface area is 201 Å². The summed E-state index contributed by atoms with van der Waals surface area (Å²) in [4.78, 5) is 34.1. The van der Waals surface area contributed by atoms with Gasteiger partial charge in [-0.25, -0.2) is 9.78 Å². The van der Waals surface area contributed by atoms with Crippen molar-refractivity contribution in [3.8, 4) is 0 Å². The van der Waals surface area contributed by atoms with Crippen LogP contribution < -0.4 is 5.56 Å². The predicted octanol–water partition coefficient (Wildman–Crippen LogP) is 5.10. The van der Waals surface area contributed by atoms with Crippen LogP contribution in [0, 0.1) is 11.8 Å². The minimum atomic E-state index is -0.488. The maximum atomic E-state index is 13.7. The molecular weight excluding hydrogens is 426 g/mol. The number of aromatic nitrogens is 2. The van der Waals surface area contributed by atoms with Crippen molar-refractivity contribution in [2.24, 2.45) is 11.8 Å². The number of benzene rings is 1. The van der Waals surface area contributed by atoms with E-state index in [4.69, 9.17) is 4.74 Å². The lowest BCUT2D eigenvalue weighted by molar-refractivity contribution is -0.0495. The Morgan fingerprint density at radius 2 is 1.59 bits per heavy atom. The van der Waals surface area contributed by atoms with E-state index in [-0.39, 0.29) is 24.0 Å². The average molecular weight is 464 g/mol. The first-order chi connectivity index (χ1) is 16.6. The molecule has 0 amide bonds. The van der Waals surface area contributed by atoms with Crippen LogP contribution >= 0.6 is 0 Å². The van der Waals surface area contributed by atoms with Gasteiger partial charge >= 0.3 is 5.97 Å². The highest BCUT2D eigenvalue weighted by molar-refractivity contribution is 5.89. The molecule has 4 unspecified atom stereocenters. The summed E-state index contributed by atoms with van der Waals surface area (Å²) in [7, 11) is 0. The van der Waals surface area contributed by atoms with E-state index < -0.39 is 5.97 Å². The minimum Gasteiger partial charge on any atom is -0.460 e. The van der Waals surface area contributed by atoms with Crippen molar-refractivity contribution in [2.45, 2.75) is 102 Å². The van der Waals surface area contributed by atoms with Crippen LogP contribution in [0.5, 0.6) is 0 Å². The molecule has 4 atom stereocenters. The van der Waals surface area contributed by atoms with E-state index in [0.29, 0.717) is 29.0 Å². The predicted molar refractivity (Wildman–Crippen MR) is 132 cm³/mol. The fourth-order valence-corrected chi connectivity index (χ4v) is 7.96. The zero-order valence-electron chi connectivity index (χ0n) is 20.3. The van der Waals surface area contributed by atoms with E-state index in [1.54, 1.807) is 17.6 Å². The first-order valence-corrected chi connectivity index (χ1v) is 13.6. The summed E-state index contributed by atoms with van der Waals surface area (Å²) < 4.78 is 7.05. The zero-order chi connectivity index (χ0) is 23.2. The molecular formula is C28H37N3O3. The number of carbonyl (C=O) groups is 1. The van der Waals surface area contributed by atoms with Gasteiger partial charge in [-0.1, -0.05) is 37.8 Å². The second-order valence-corrected chi connectivity index (χ2v) is 11.2. The third kappa shape index (κ3) is 3.88. The van der Waals surface area contributed by atoms with Gasteiger partial charge in [-0.05, 0) is 75.8 Å². The molecule has 6 rings (SSSR count). The van der Waals surface area contributed by atoms with Crippen molar-refractivity contribution in [3.63, 3.8) is 0 Å². The average Bonchev–Trinajstić information content (AvgIpc) is 2.83. The van der Waals surface area contributed by atoms with E-state index in [1.165, 1.54) is 57.8 Å². The Hall–Kier alpha value is -2.21. The lowest BCUT2D eigenvalue weighted by Gasteiger charge is -2.55. The Morgan fingerprint density at radius 1 is 0.912 bits per heavy atom. The number of rotatable bonds is 4. The van der Waals surface area contributed by atoms with Crippen LogP contribution in [0.1, 0.15) is 94.2 Å². The molecule has 2 aliphatic heterocycles. The van der Waals surface area contributed by atoms with Gasteiger partial charge in [-0.2, -0.15) is 0 Å². The molecule has 34 heavy (non-hydrogen) atoms. The normalized spacial score (nSPS) is 33.6. The molecule has 6 nitrogen and oxygen atoms in total. The first kappa shape index (κ1) is 22.3. The molecule has 3 heterocycles. The van der Waals surface area contributed by atoms with Crippen molar-refractivity contribution in [3.05, 3.63) is 40.4 Å². The molecule has 2 aliphatic carbocycles. The van der Waals surface area contributed by atoms with Crippen LogP contribution in [0.15, 0.2) is 29.1 Å². The standard InChI is InChI=1S/C28H37N3O3/c1-2-34-28(33)26-29-25-12-4-3-11-24(25)27(32)31(26)23-16-20-9-6-10-21(17-23)30(20)22-14-18-7-5-8-19(13-18)15-22/h3-4,11-12,18-23H,2,5-10,13-17H2,1H3. The monoisotopic (exact) mass is 463 g/mol. The van der Waals surface area contributed by atoms with Crippen LogP contribution in [0.25, 0.3) is 10.9 Å². The van der Waals surface area contributed by atoms with Gasteiger partial charge in [-0.3, -0.25) is 14.3 Å². The summed E-state index contributed by atoms with van der Waals surface area (Å²) in [5.41, 5.74) is 0.468. The van der Waals surface area contributed by atoms with Crippen LogP contribution in [0.4, 0.5) is 0 Å². The molecule has 1 aromatic carbocycles. The van der Waals surface area contributed by atoms with Crippen LogP contribution in [-0.2, 0) is 4.74 Å². The van der Waals surface area contributed by atoms with E-state index >= 15 is 0 Å². The number of ether oxygens (including phenoxy) is 1. The maximum absolute atomic E-state index is 13.7. The van der Waals surface area contributed by atoms with Gasteiger partial charge in [0.25, 0.3) is 5.56 Å². The smallest absolute Gasteiger partial charge is 0.374 e. The topological polar surface area (TPSA) is 64.4 Å². The molecule has 0 spiro atoms. The van der Waals surface area contributed by atoms with Gasteiger partial charge in [0.05, 0.1) is 17.5 Å². The minimum absolute atomic E-state index is 0.00125. The largest absolute Gasteiger partial charge is 0.460 e. The summed E-state index contributed by atoms with van der Waals surface area (Å²) in [5, 5.41) is 0.586.